The summed E-state index contributed by atoms with van der Waals surface area (Å²) in [6.45, 7) is 18.5. The largest absolute Gasteiger partial charge is 0.494 e. The second-order valence-electron chi connectivity index (χ2n) is 14.2. The van der Waals surface area contributed by atoms with Gasteiger partial charge in [-0.2, -0.15) is 0 Å². The third-order valence-corrected chi connectivity index (χ3v) is 13.3. The Morgan fingerprint density at radius 2 is 1.45 bits per heavy atom. The van der Waals surface area contributed by atoms with Crippen molar-refractivity contribution >= 4 is 46.5 Å². The Morgan fingerprint density at radius 3 is 2.00 bits per heavy atom. The maximum Gasteiger partial charge on any atom is 0.251 e. The van der Waals surface area contributed by atoms with Crippen molar-refractivity contribution in [2.75, 3.05) is 54.1 Å². The van der Waals surface area contributed by atoms with Crippen LogP contribution in [0.4, 0.5) is 17.1 Å². The molecule has 2 unspecified atom stereocenters. The zero-order valence-corrected chi connectivity index (χ0v) is 32.1. The lowest BCUT2D eigenvalue weighted by atomic mass is 9.66. The Hall–Kier alpha value is -4.54. The second-order valence-corrected chi connectivity index (χ2v) is 16.1. The average Bonchev–Trinajstić information content (AvgIpc) is 3.75. The van der Waals surface area contributed by atoms with E-state index in [0.717, 1.165) is 24.3 Å². The van der Waals surface area contributed by atoms with Crippen LogP contribution < -0.4 is 19.4 Å². The van der Waals surface area contributed by atoms with Gasteiger partial charge in [0.15, 0.2) is 0 Å². The number of aliphatic hydroxyl groups excluding tert-OH is 1. The number of ether oxygens (including phenoxy) is 1. The van der Waals surface area contributed by atoms with E-state index < -0.39 is 33.4 Å². The predicted molar refractivity (Wildman–Crippen MR) is 215 cm³/mol. The molecule has 10 heteroatoms. The minimum Gasteiger partial charge on any atom is -0.494 e. The molecule has 280 valence electrons. The van der Waals surface area contributed by atoms with E-state index in [2.05, 4.69) is 38.8 Å². The Labute approximate surface area is 318 Å². The van der Waals surface area contributed by atoms with Crippen LogP contribution in [0.1, 0.15) is 52.1 Å². The van der Waals surface area contributed by atoms with Crippen molar-refractivity contribution in [3.05, 3.63) is 110 Å². The first kappa shape index (κ1) is 38.2. The molecule has 9 nitrogen and oxygen atoms in total. The fourth-order valence-electron chi connectivity index (χ4n) is 8.92. The number of fused-ring (bicyclic) bond motifs is 1. The van der Waals surface area contributed by atoms with Gasteiger partial charge in [-0.25, -0.2) is 0 Å². The molecule has 0 aromatic heterocycles. The lowest BCUT2D eigenvalue weighted by Crippen LogP contribution is -2.56. The van der Waals surface area contributed by atoms with Crippen LogP contribution in [0.2, 0.25) is 0 Å². The van der Waals surface area contributed by atoms with Crippen molar-refractivity contribution in [3.63, 3.8) is 0 Å². The summed E-state index contributed by atoms with van der Waals surface area (Å²) in [6.07, 6.45) is 4.64. The topological polar surface area (TPSA) is 93.6 Å². The molecule has 3 aromatic carbocycles. The minimum atomic E-state index is -0.942. The summed E-state index contributed by atoms with van der Waals surface area (Å²) in [7, 11) is 0. The maximum absolute atomic E-state index is 15.4. The van der Waals surface area contributed by atoms with E-state index in [1.807, 2.05) is 85.8 Å². The van der Waals surface area contributed by atoms with Gasteiger partial charge in [-0.3, -0.25) is 14.4 Å². The molecule has 0 aliphatic carbocycles. The number of carbonyl (C=O) groups is 3. The van der Waals surface area contributed by atoms with Gasteiger partial charge in [-0.15, -0.1) is 24.9 Å². The van der Waals surface area contributed by atoms with Gasteiger partial charge in [0.05, 0.1) is 35.8 Å². The highest BCUT2D eigenvalue weighted by molar-refractivity contribution is 8.02. The molecule has 6 atom stereocenters. The van der Waals surface area contributed by atoms with Crippen LogP contribution in [-0.4, -0.2) is 82.7 Å². The Kier molecular flexibility index (Phi) is 11.4. The van der Waals surface area contributed by atoms with E-state index in [1.54, 1.807) is 38.6 Å². The van der Waals surface area contributed by atoms with E-state index in [-0.39, 0.29) is 37.4 Å². The van der Waals surface area contributed by atoms with Crippen LogP contribution >= 0.6 is 11.8 Å². The van der Waals surface area contributed by atoms with E-state index in [4.69, 9.17) is 4.74 Å². The van der Waals surface area contributed by atoms with Crippen molar-refractivity contribution in [2.24, 2.45) is 11.8 Å². The van der Waals surface area contributed by atoms with Gasteiger partial charge in [0.1, 0.15) is 11.8 Å². The molecular weight excluding hydrogens is 685 g/mol. The summed E-state index contributed by atoms with van der Waals surface area (Å²) in [5.74, 6) is -1.49. The summed E-state index contributed by atoms with van der Waals surface area (Å²) in [5.41, 5.74) is 3.16. The summed E-state index contributed by atoms with van der Waals surface area (Å²) >= 11 is 1.62. The average molecular weight is 737 g/mol. The monoisotopic (exact) mass is 736 g/mol. The Balaban J connectivity index is 1.46. The SMILES string of the molecule is C=CCN(C(=O)C1N([C@H](CO)c2ccccc2)C(=O)[C@@H]2[C@H](C(=O)N(CC=C)c3ccc(OCC)cc3)[C@]3(C)CCC12S3)c1ccc(N(CC)CC)cc1. The van der Waals surface area contributed by atoms with E-state index in [9.17, 15) is 5.11 Å². The highest BCUT2D eigenvalue weighted by Gasteiger charge is 2.78. The number of thioether (sulfide) groups is 1. The summed E-state index contributed by atoms with van der Waals surface area (Å²) in [4.78, 5) is 52.9. The molecule has 3 aliphatic heterocycles. The molecule has 2 bridgehead atoms. The number of likely N-dealkylation sites (tertiary alicyclic amines) is 1. The number of amides is 3. The number of aliphatic hydroxyl groups is 1. The number of benzene rings is 3. The molecule has 3 aliphatic rings. The van der Waals surface area contributed by atoms with Gasteiger partial charge in [0.25, 0.3) is 5.91 Å². The molecule has 3 amide bonds. The zero-order valence-electron chi connectivity index (χ0n) is 31.3. The highest BCUT2D eigenvalue weighted by atomic mass is 32.2. The van der Waals surface area contributed by atoms with Crippen LogP contribution in [0, 0.1) is 11.8 Å². The summed E-state index contributed by atoms with van der Waals surface area (Å²) in [6, 6.07) is 23.0. The summed E-state index contributed by atoms with van der Waals surface area (Å²) < 4.78 is 4.16. The highest BCUT2D eigenvalue weighted by Crippen LogP contribution is 2.72. The zero-order chi connectivity index (χ0) is 37.9. The van der Waals surface area contributed by atoms with Crippen molar-refractivity contribution in [2.45, 2.75) is 62.1 Å². The van der Waals surface area contributed by atoms with Crippen LogP contribution in [0.15, 0.2) is 104 Å². The van der Waals surface area contributed by atoms with E-state index >= 15 is 14.4 Å². The van der Waals surface area contributed by atoms with Crippen LogP contribution in [0.25, 0.3) is 0 Å². The number of anilines is 3. The van der Waals surface area contributed by atoms with Gasteiger partial charge < -0.3 is 29.4 Å². The van der Waals surface area contributed by atoms with Gasteiger partial charge in [0, 0.05) is 48.0 Å². The quantitative estimate of drug-likeness (QED) is 0.160. The number of hydrogen-bond acceptors (Lipinski definition) is 7. The van der Waals surface area contributed by atoms with Crippen molar-refractivity contribution in [1.82, 2.24) is 4.90 Å². The third-order valence-electron chi connectivity index (χ3n) is 11.3. The van der Waals surface area contributed by atoms with Crippen molar-refractivity contribution in [3.8, 4) is 5.75 Å². The molecule has 0 radical (unpaired) electrons. The van der Waals surface area contributed by atoms with Crippen molar-refractivity contribution in [1.29, 1.82) is 0 Å². The standard InChI is InChI=1S/C43H52N4O5S/c1-7-27-45(33-21-23-34(24-22-33)52-11-5)39(49)36-37-40(50)47(35(29-48)30-15-13-12-14-16-30)38(43(37)26-25-42(36,6)53-43)41(51)46(28-8-2)32-19-17-31(18-20-32)44(9-3)10-4/h7-8,12-24,35-38,48H,1-2,9-11,25-29H2,3-6H3/t35-,36-,37+,38?,42+,43?/m1/s1. The summed E-state index contributed by atoms with van der Waals surface area (Å²) in [5, 5.41) is 11.0. The minimum absolute atomic E-state index is 0.174. The lowest BCUT2D eigenvalue weighted by molar-refractivity contribution is -0.142. The fourth-order valence-corrected chi connectivity index (χ4v) is 11.3. The molecule has 1 N–H and O–H groups in total. The molecule has 0 saturated carbocycles. The second kappa shape index (κ2) is 15.8. The van der Waals surface area contributed by atoms with Crippen LogP contribution in [0.5, 0.6) is 5.75 Å². The normalized spacial score (nSPS) is 24.7. The molecule has 3 aromatic rings. The first-order valence-electron chi connectivity index (χ1n) is 18.7. The molecule has 6 rings (SSSR count). The fraction of sp³-hybridized carbons (Fsp3) is 0.419. The molecule has 3 heterocycles. The van der Waals surface area contributed by atoms with Crippen LogP contribution in [-0.2, 0) is 14.4 Å². The third kappa shape index (κ3) is 6.65. The van der Waals surface area contributed by atoms with E-state index in [1.165, 1.54) is 0 Å². The number of rotatable bonds is 16. The molecule has 53 heavy (non-hydrogen) atoms. The molecule has 3 fully saturated rings. The van der Waals surface area contributed by atoms with Gasteiger partial charge >= 0.3 is 0 Å². The predicted octanol–water partition coefficient (Wildman–Crippen LogP) is 6.88. The molecule has 1 spiro atoms. The molecular formula is C43H52N4O5S. The smallest absolute Gasteiger partial charge is 0.251 e. The maximum atomic E-state index is 15.4. The number of nitrogens with zero attached hydrogens (tertiary/aromatic N) is 4. The van der Waals surface area contributed by atoms with Gasteiger partial charge in [-0.05, 0) is 94.6 Å². The Bertz CT molecular complexity index is 1800. The van der Waals surface area contributed by atoms with Crippen molar-refractivity contribution < 1.29 is 24.2 Å². The molecule has 3 saturated heterocycles. The number of carbonyl (C=O) groups excluding carboxylic acids is 3. The Morgan fingerprint density at radius 1 is 0.887 bits per heavy atom. The first-order valence-corrected chi connectivity index (χ1v) is 19.5. The van der Waals surface area contributed by atoms with E-state index in [0.29, 0.717) is 36.6 Å². The number of hydrogen-bond donors (Lipinski definition) is 1. The van der Waals surface area contributed by atoms with Gasteiger partial charge in [0.2, 0.25) is 11.8 Å². The van der Waals surface area contributed by atoms with Crippen LogP contribution in [0.3, 0.4) is 0 Å². The van der Waals surface area contributed by atoms with Gasteiger partial charge in [-0.1, -0.05) is 42.5 Å². The first-order chi connectivity index (χ1) is 25.6. The lowest BCUT2D eigenvalue weighted by Gasteiger charge is -2.40.